The number of ether oxygens (including phenoxy) is 1. The number of halogens is 1. The number of hydrogen-bond acceptors (Lipinski definition) is 3. The lowest BCUT2D eigenvalue weighted by Crippen LogP contribution is -2.30. The molecule has 1 aliphatic carbocycles. The molecule has 0 atom stereocenters. The number of nitrogen functional groups attached to an aromatic ring is 1. The Bertz CT molecular complexity index is 461. The molecule has 0 aromatic heterocycles. The van der Waals surface area contributed by atoms with E-state index in [9.17, 15) is 9.18 Å². The van der Waals surface area contributed by atoms with Crippen LogP contribution in [0.3, 0.4) is 0 Å². The second-order valence-electron chi connectivity index (χ2n) is 4.98. The van der Waals surface area contributed by atoms with Crippen molar-refractivity contribution >= 4 is 11.6 Å². The fraction of sp³-hybridized carbons (Fsp3) is 0.500. The molecule has 0 bridgehead atoms. The highest BCUT2D eigenvalue weighted by atomic mass is 19.1. The van der Waals surface area contributed by atoms with Crippen molar-refractivity contribution in [1.29, 1.82) is 0 Å². The molecule has 1 amide bonds. The summed E-state index contributed by atoms with van der Waals surface area (Å²) in [7, 11) is 1.70. The van der Waals surface area contributed by atoms with Gasteiger partial charge in [-0.05, 0) is 37.0 Å². The number of carbonyl (C=O) groups is 1. The quantitative estimate of drug-likeness (QED) is 0.632. The minimum absolute atomic E-state index is 0.00997. The van der Waals surface area contributed by atoms with Gasteiger partial charge in [-0.3, -0.25) is 4.79 Å². The van der Waals surface area contributed by atoms with Crippen molar-refractivity contribution in [2.45, 2.75) is 12.8 Å². The van der Waals surface area contributed by atoms with E-state index in [1.165, 1.54) is 31.0 Å². The van der Waals surface area contributed by atoms with Crippen LogP contribution >= 0.6 is 0 Å². The van der Waals surface area contributed by atoms with E-state index in [1.807, 2.05) is 0 Å². The van der Waals surface area contributed by atoms with Crippen molar-refractivity contribution in [3.63, 3.8) is 0 Å². The maximum atomic E-state index is 13.0. The predicted molar refractivity (Wildman–Crippen MR) is 71.3 cm³/mol. The van der Waals surface area contributed by atoms with E-state index in [-0.39, 0.29) is 11.6 Å². The van der Waals surface area contributed by atoms with Crippen LogP contribution in [-0.2, 0) is 4.74 Å². The Morgan fingerprint density at radius 1 is 1.53 bits per heavy atom. The van der Waals surface area contributed by atoms with Gasteiger partial charge < -0.3 is 15.4 Å². The summed E-state index contributed by atoms with van der Waals surface area (Å²) in [5.74, 6) is 0.0339. The molecule has 1 aromatic rings. The zero-order chi connectivity index (χ0) is 13.8. The maximum Gasteiger partial charge on any atom is 0.253 e. The fourth-order valence-electron chi connectivity index (χ4n) is 1.73. The summed E-state index contributed by atoms with van der Waals surface area (Å²) in [5.41, 5.74) is 5.83. The number of hydrogen-bond donors (Lipinski definition) is 1. The van der Waals surface area contributed by atoms with Gasteiger partial charge in [0.25, 0.3) is 5.91 Å². The minimum Gasteiger partial charge on any atom is -0.396 e. The minimum atomic E-state index is -0.507. The number of nitrogens with zero attached hydrogens (tertiary/aromatic N) is 1. The Kier molecular flexibility index (Phi) is 4.37. The first-order valence-corrected chi connectivity index (χ1v) is 6.46. The Hall–Kier alpha value is -1.62. The lowest BCUT2D eigenvalue weighted by molar-refractivity contribution is 0.0681. The van der Waals surface area contributed by atoms with Crippen LogP contribution in [0.4, 0.5) is 10.1 Å². The molecule has 19 heavy (non-hydrogen) atoms. The van der Waals surface area contributed by atoms with Crippen LogP contribution in [-0.4, -0.2) is 37.6 Å². The predicted octanol–water partition coefficient (Wildman–Crippen LogP) is 1.91. The Morgan fingerprint density at radius 2 is 2.26 bits per heavy atom. The highest BCUT2D eigenvalue weighted by molar-refractivity contribution is 5.94. The first-order chi connectivity index (χ1) is 9.08. The average Bonchev–Trinajstić information content (AvgIpc) is 3.21. The molecular formula is C14H19FN2O2. The van der Waals surface area contributed by atoms with Gasteiger partial charge in [0.15, 0.2) is 0 Å². The van der Waals surface area contributed by atoms with Crippen molar-refractivity contribution in [2.24, 2.45) is 5.92 Å². The number of carbonyl (C=O) groups excluding carboxylic acids is 1. The second kappa shape index (κ2) is 6.02. The number of likely N-dealkylation sites (N-methyl/N-ethyl adjacent to an activating group) is 1. The van der Waals surface area contributed by atoms with Crippen molar-refractivity contribution in [3.8, 4) is 0 Å². The van der Waals surface area contributed by atoms with E-state index >= 15 is 0 Å². The van der Waals surface area contributed by atoms with E-state index < -0.39 is 5.82 Å². The third-order valence-corrected chi connectivity index (χ3v) is 3.21. The summed E-state index contributed by atoms with van der Waals surface area (Å²) in [6, 6.07) is 4.01. The number of nitrogens with two attached hydrogens (primary N) is 1. The largest absolute Gasteiger partial charge is 0.396 e. The van der Waals surface area contributed by atoms with Gasteiger partial charge in [-0.2, -0.15) is 0 Å². The maximum absolute atomic E-state index is 13.0. The first kappa shape index (κ1) is 13.8. The van der Waals surface area contributed by atoms with Crippen LogP contribution in [0, 0.1) is 11.7 Å². The molecule has 1 aromatic carbocycles. The molecule has 2 N–H and O–H groups in total. The van der Waals surface area contributed by atoms with Crippen LogP contribution < -0.4 is 5.73 Å². The molecule has 2 rings (SSSR count). The van der Waals surface area contributed by atoms with Crippen molar-refractivity contribution in [1.82, 2.24) is 4.90 Å². The van der Waals surface area contributed by atoms with Gasteiger partial charge in [0.1, 0.15) is 5.82 Å². The summed E-state index contributed by atoms with van der Waals surface area (Å²) >= 11 is 0. The monoisotopic (exact) mass is 266 g/mol. The highest BCUT2D eigenvalue weighted by Gasteiger charge is 2.21. The number of benzene rings is 1. The Balaban J connectivity index is 1.81. The number of rotatable bonds is 6. The first-order valence-electron chi connectivity index (χ1n) is 6.46. The smallest absolute Gasteiger partial charge is 0.253 e. The molecule has 1 fully saturated rings. The number of amides is 1. The van der Waals surface area contributed by atoms with Gasteiger partial charge in [0.05, 0.1) is 12.3 Å². The van der Waals surface area contributed by atoms with Crippen LogP contribution in [0.2, 0.25) is 0 Å². The van der Waals surface area contributed by atoms with Gasteiger partial charge in [-0.25, -0.2) is 4.39 Å². The van der Waals surface area contributed by atoms with Crippen molar-refractivity contribution < 1.29 is 13.9 Å². The Morgan fingerprint density at radius 3 is 2.89 bits per heavy atom. The lowest BCUT2D eigenvalue weighted by Gasteiger charge is -2.17. The van der Waals surface area contributed by atoms with Gasteiger partial charge in [-0.1, -0.05) is 0 Å². The molecule has 0 saturated heterocycles. The van der Waals surface area contributed by atoms with Gasteiger partial charge in [0.2, 0.25) is 0 Å². The SMILES string of the molecule is CN(CCOCC1CC1)C(=O)c1ccc(F)c(N)c1. The number of anilines is 1. The molecule has 0 unspecified atom stereocenters. The van der Waals surface area contributed by atoms with Crippen LogP contribution in [0.5, 0.6) is 0 Å². The highest BCUT2D eigenvalue weighted by Crippen LogP contribution is 2.28. The van der Waals surface area contributed by atoms with Crippen molar-refractivity contribution in [3.05, 3.63) is 29.6 Å². The lowest BCUT2D eigenvalue weighted by atomic mass is 10.1. The third kappa shape index (κ3) is 3.92. The molecule has 0 spiro atoms. The summed E-state index contributed by atoms with van der Waals surface area (Å²) in [6.07, 6.45) is 2.51. The molecular weight excluding hydrogens is 247 g/mol. The summed E-state index contributed by atoms with van der Waals surface area (Å²) in [5, 5.41) is 0. The zero-order valence-electron chi connectivity index (χ0n) is 11.1. The molecule has 0 heterocycles. The molecule has 5 heteroatoms. The van der Waals surface area contributed by atoms with E-state index in [4.69, 9.17) is 10.5 Å². The average molecular weight is 266 g/mol. The molecule has 104 valence electrons. The molecule has 0 radical (unpaired) electrons. The topological polar surface area (TPSA) is 55.6 Å². The summed E-state index contributed by atoms with van der Waals surface area (Å²) in [6.45, 7) is 1.82. The van der Waals surface area contributed by atoms with E-state index in [0.717, 1.165) is 12.5 Å². The van der Waals surface area contributed by atoms with Gasteiger partial charge in [-0.15, -0.1) is 0 Å². The van der Waals surface area contributed by atoms with E-state index in [2.05, 4.69) is 0 Å². The fourth-order valence-corrected chi connectivity index (χ4v) is 1.73. The van der Waals surface area contributed by atoms with Crippen LogP contribution in [0.15, 0.2) is 18.2 Å². The second-order valence-corrected chi connectivity index (χ2v) is 4.98. The van der Waals surface area contributed by atoms with Gasteiger partial charge in [0, 0.05) is 25.8 Å². The van der Waals surface area contributed by atoms with Gasteiger partial charge >= 0.3 is 0 Å². The van der Waals surface area contributed by atoms with Crippen molar-refractivity contribution in [2.75, 3.05) is 32.5 Å². The van der Waals surface area contributed by atoms with Crippen LogP contribution in [0.25, 0.3) is 0 Å². The van der Waals surface area contributed by atoms with E-state index in [1.54, 1.807) is 11.9 Å². The molecule has 4 nitrogen and oxygen atoms in total. The molecule has 0 aliphatic heterocycles. The molecule has 1 aliphatic rings. The van der Waals surface area contributed by atoms with E-state index in [0.29, 0.717) is 18.7 Å². The zero-order valence-corrected chi connectivity index (χ0v) is 11.1. The summed E-state index contributed by atoms with van der Waals surface area (Å²) < 4.78 is 18.5. The third-order valence-electron chi connectivity index (χ3n) is 3.21. The normalized spacial score (nSPS) is 14.4. The molecule has 1 saturated carbocycles. The standard InChI is InChI=1S/C14H19FN2O2/c1-17(6-7-19-9-10-2-3-10)14(18)11-4-5-12(15)13(16)8-11/h4-5,8,10H,2-3,6-7,9,16H2,1H3. The van der Waals surface area contributed by atoms with Crippen LogP contribution in [0.1, 0.15) is 23.2 Å². The summed E-state index contributed by atoms with van der Waals surface area (Å²) in [4.78, 5) is 13.6. The Labute approximate surface area is 112 Å².